The van der Waals surface area contributed by atoms with E-state index in [1.165, 1.54) is 31.4 Å². The quantitative estimate of drug-likeness (QED) is 0.309. The van der Waals surface area contributed by atoms with Gasteiger partial charge in [0, 0.05) is 27.7 Å². The fraction of sp³-hybridized carbons (Fsp3) is 0.111. The molecule has 1 amide bonds. The fourth-order valence-corrected chi connectivity index (χ4v) is 2.58. The highest BCUT2D eigenvalue weighted by Crippen LogP contribution is 2.24. The van der Waals surface area contributed by atoms with E-state index < -0.39 is 16.8 Å². The first-order valence-electron chi connectivity index (χ1n) is 7.57. The molecule has 0 aliphatic rings. The van der Waals surface area contributed by atoms with Gasteiger partial charge in [-0.25, -0.2) is 4.79 Å². The number of nitro benzene ring substituents is 1. The van der Waals surface area contributed by atoms with Crippen molar-refractivity contribution in [3.63, 3.8) is 0 Å². The zero-order valence-electron chi connectivity index (χ0n) is 14.2. The van der Waals surface area contributed by atoms with Crippen molar-refractivity contribution in [2.24, 2.45) is 5.73 Å². The van der Waals surface area contributed by atoms with Gasteiger partial charge in [0.15, 0.2) is 0 Å². The van der Waals surface area contributed by atoms with Crippen LogP contribution in [0.3, 0.4) is 0 Å². The van der Waals surface area contributed by atoms with E-state index in [4.69, 9.17) is 15.2 Å². The standard InChI is InChI=1S/C18H15BrN2O6/c1-26-16-6-5-14(19)8-11(16)4-7-17(22)27-10-13-3-2-12(18(20)23)9-15(13)21(24)25/h2-9H,10H2,1H3,(H2,20,23)/b7-4+. The van der Waals surface area contributed by atoms with Crippen LogP contribution >= 0.6 is 15.9 Å². The van der Waals surface area contributed by atoms with Gasteiger partial charge in [0.25, 0.3) is 5.69 Å². The smallest absolute Gasteiger partial charge is 0.331 e. The van der Waals surface area contributed by atoms with Crippen LogP contribution in [-0.2, 0) is 16.1 Å². The maximum absolute atomic E-state index is 11.9. The highest BCUT2D eigenvalue weighted by Gasteiger charge is 2.17. The van der Waals surface area contributed by atoms with Gasteiger partial charge < -0.3 is 15.2 Å². The monoisotopic (exact) mass is 434 g/mol. The fourth-order valence-electron chi connectivity index (χ4n) is 2.20. The molecule has 0 unspecified atom stereocenters. The topological polar surface area (TPSA) is 122 Å². The summed E-state index contributed by atoms with van der Waals surface area (Å²) in [6.45, 7) is -0.325. The van der Waals surface area contributed by atoms with Gasteiger partial charge in [-0.2, -0.15) is 0 Å². The minimum absolute atomic E-state index is 0.00146. The molecule has 0 bridgehead atoms. The van der Waals surface area contributed by atoms with Gasteiger partial charge in [-0.15, -0.1) is 0 Å². The van der Waals surface area contributed by atoms with Gasteiger partial charge in [0.2, 0.25) is 5.91 Å². The van der Waals surface area contributed by atoms with E-state index in [9.17, 15) is 19.7 Å². The number of halogens is 1. The second-order valence-electron chi connectivity index (χ2n) is 5.29. The number of nitro groups is 1. The van der Waals surface area contributed by atoms with Crippen LogP contribution in [0, 0.1) is 10.1 Å². The number of nitrogens with two attached hydrogens (primary N) is 1. The molecule has 2 aromatic rings. The van der Waals surface area contributed by atoms with Gasteiger partial charge in [0.1, 0.15) is 12.4 Å². The molecule has 27 heavy (non-hydrogen) atoms. The minimum atomic E-state index is -0.785. The SMILES string of the molecule is COc1ccc(Br)cc1/C=C/C(=O)OCc1ccc(C(N)=O)cc1[N+](=O)[O-]. The Balaban J connectivity index is 2.11. The normalized spacial score (nSPS) is 10.6. The molecule has 0 fully saturated rings. The first kappa shape index (κ1) is 20.1. The summed E-state index contributed by atoms with van der Waals surface area (Å²) in [5.41, 5.74) is 5.56. The lowest BCUT2D eigenvalue weighted by Gasteiger charge is -2.06. The lowest BCUT2D eigenvalue weighted by molar-refractivity contribution is -0.385. The molecule has 0 radical (unpaired) electrons. The van der Waals surface area contributed by atoms with E-state index in [-0.39, 0.29) is 23.4 Å². The number of amides is 1. The molecule has 0 heterocycles. The lowest BCUT2D eigenvalue weighted by Crippen LogP contribution is -2.12. The van der Waals surface area contributed by atoms with Crippen molar-refractivity contribution in [3.05, 3.63) is 73.8 Å². The lowest BCUT2D eigenvalue weighted by atomic mass is 10.1. The molecular weight excluding hydrogens is 420 g/mol. The van der Waals surface area contributed by atoms with Crippen molar-refractivity contribution in [1.29, 1.82) is 0 Å². The highest BCUT2D eigenvalue weighted by atomic mass is 79.9. The third-order valence-electron chi connectivity index (χ3n) is 3.53. The van der Waals surface area contributed by atoms with Crippen molar-refractivity contribution in [2.45, 2.75) is 6.61 Å². The van der Waals surface area contributed by atoms with Crippen LogP contribution in [-0.4, -0.2) is 23.9 Å². The molecular formula is C18H15BrN2O6. The molecule has 0 spiro atoms. The van der Waals surface area contributed by atoms with Crippen LogP contribution in [0.25, 0.3) is 6.08 Å². The average molecular weight is 435 g/mol. The molecule has 0 saturated carbocycles. The van der Waals surface area contributed by atoms with Crippen LogP contribution in [0.15, 0.2) is 46.9 Å². The van der Waals surface area contributed by atoms with E-state index >= 15 is 0 Å². The van der Waals surface area contributed by atoms with Crippen LogP contribution < -0.4 is 10.5 Å². The van der Waals surface area contributed by atoms with Crippen molar-refractivity contribution in [3.8, 4) is 5.75 Å². The number of benzene rings is 2. The van der Waals surface area contributed by atoms with Gasteiger partial charge in [-0.3, -0.25) is 14.9 Å². The van der Waals surface area contributed by atoms with E-state index in [2.05, 4.69) is 15.9 Å². The second kappa shape index (κ2) is 8.95. The third kappa shape index (κ3) is 5.38. The summed E-state index contributed by atoms with van der Waals surface area (Å²) in [5, 5.41) is 11.1. The first-order chi connectivity index (χ1) is 12.8. The van der Waals surface area contributed by atoms with Gasteiger partial charge in [-0.05, 0) is 36.4 Å². The summed E-state index contributed by atoms with van der Waals surface area (Å²) < 4.78 is 11.1. The summed E-state index contributed by atoms with van der Waals surface area (Å²) in [5.74, 6) is -0.905. The largest absolute Gasteiger partial charge is 0.496 e. The summed E-state index contributed by atoms with van der Waals surface area (Å²) in [6.07, 6.45) is 2.70. The Bertz CT molecular complexity index is 926. The zero-order valence-corrected chi connectivity index (χ0v) is 15.8. The van der Waals surface area contributed by atoms with E-state index in [1.54, 1.807) is 18.2 Å². The molecule has 2 aromatic carbocycles. The number of primary amides is 1. The maximum Gasteiger partial charge on any atom is 0.331 e. The molecule has 9 heteroatoms. The number of methoxy groups -OCH3 is 1. The number of hydrogen-bond acceptors (Lipinski definition) is 6. The van der Waals surface area contributed by atoms with Crippen LogP contribution in [0.1, 0.15) is 21.5 Å². The van der Waals surface area contributed by atoms with E-state index in [0.717, 1.165) is 10.5 Å². The second-order valence-corrected chi connectivity index (χ2v) is 6.21. The van der Waals surface area contributed by atoms with E-state index in [0.29, 0.717) is 11.3 Å². The molecule has 0 aromatic heterocycles. The Labute approximate surface area is 162 Å². The summed E-state index contributed by atoms with van der Waals surface area (Å²) in [7, 11) is 1.51. The Morgan fingerprint density at radius 1 is 1.26 bits per heavy atom. The summed E-state index contributed by atoms with van der Waals surface area (Å²) in [6, 6.07) is 9.00. The van der Waals surface area contributed by atoms with Crippen molar-refractivity contribution in [2.75, 3.05) is 7.11 Å². The molecule has 2 N–H and O–H groups in total. The number of hydrogen-bond donors (Lipinski definition) is 1. The number of esters is 1. The summed E-state index contributed by atoms with van der Waals surface area (Å²) in [4.78, 5) is 33.5. The van der Waals surface area contributed by atoms with Crippen molar-refractivity contribution < 1.29 is 24.0 Å². The predicted molar refractivity (Wildman–Crippen MR) is 101 cm³/mol. The maximum atomic E-state index is 11.9. The van der Waals surface area contributed by atoms with Crippen molar-refractivity contribution in [1.82, 2.24) is 0 Å². The Kier molecular flexibility index (Phi) is 6.67. The number of nitrogens with zero attached hydrogens (tertiary/aromatic N) is 1. The zero-order chi connectivity index (χ0) is 20.0. The molecule has 8 nitrogen and oxygen atoms in total. The number of rotatable bonds is 7. The van der Waals surface area contributed by atoms with Gasteiger partial charge in [-0.1, -0.05) is 15.9 Å². The van der Waals surface area contributed by atoms with Gasteiger partial charge >= 0.3 is 5.97 Å². The minimum Gasteiger partial charge on any atom is -0.496 e. The van der Waals surface area contributed by atoms with Crippen LogP contribution in [0.5, 0.6) is 5.75 Å². The van der Waals surface area contributed by atoms with Crippen LogP contribution in [0.4, 0.5) is 5.69 Å². The third-order valence-corrected chi connectivity index (χ3v) is 4.02. The predicted octanol–water partition coefficient (Wildman–Crippen LogP) is 3.22. The Morgan fingerprint density at radius 3 is 2.63 bits per heavy atom. The Hall–Kier alpha value is -3.20. The highest BCUT2D eigenvalue weighted by molar-refractivity contribution is 9.10. The van der Waals surface area contributed by atoms with Gasteiger partial charge in [0.05, 0.1) is 17.6 Å². The number of ether oxygens (including phenoxy) is 2. The molecule has 0 aliphatic heterocycles. The molecule has 0 atom stereocenters. The molecule has 0 aliphatic carbocycles. The average Bonchev–Trinajstić information content (AvgIpc) is 2.64. The Morgan fingerprint density at radius 2 is 2.00 bits per heavy atom. The van der Waals surface area contributed by atoms with E-state index in [1.807, 2.05) is 0 Å². The molecule has 0 saturated heterocycles. The number of carbonyl (C=O) groups is 2. The number of carbonyl (C=O) groups excluding carboxylic acids is 2. The molecule has 2 rings (SSSR count). The van der Waals surface area contributed by atoms with Crippen LogP contribution in [0.2, 0.25) is 0 Å². The van der Waals surface area contributed by atoms with Crippen molar-refractivity contribution >= 4 is 39.6 Å². The summed E-state index contributed by atoms with van der Waals surface area (Å²) >= 11 is 3.33. The first-order valence-corrected chi connectivity index (χ1v) is 8.36. The molecule has 140 valence electrons.